The SMILES string of the molecule is CCCCCCCCCCCCCCC[C](=O)[Na]. The Balaban J connectivity index is 2.92. The van der Waals surface area contributed by atoms with Gasteiger partial charge in [-0.25, -0.2) is 0 Å². The van der Waals surface area contributed by atoms with Crippen molar-refractivity contribution < 1.29 is 4.79 Å². The van der Waals surface area contributed by atoms with Crippen molar-refractivity contribution in [2.45, 2.75) is 96.8 Å². The van der Waals surface area contributed by atoms with Crippen LogP contribution in [0.25, 0.3) is 0 Å². The van der Waals surface area contributed by atoms with E-state index in [0.717, 1.165) is 40.8 Å². The van der Waals surface area contributed by atoms with Crippen LogP contribution in [0.5, 0.6) is 0 Å². The Morgan fingerprint density at radius 1 is 0.667 bits per heavy atom. The molecule has 0 saturated heterocycles. The Bertz CT molecular complexity index is 180. The molecule has 0 bridgehead atoms. The zero-order valence-electron chi connectivity index (χ0n) is 12.8. The Morgan fingerprint density at radius 2 is 1.00 bits per heavy atom. The third-order valence-corrected chi connectivity index (χ3v) is 4.13. The van der Waals surface area contributed by atoms with Gasteiger partial charge in [-0.15, -0.1) is 0 Å². The number of carbonyl (C=O) groups is 1. The molecule has 0 aliphatic carbocycles. The first-order chi connectivity index (χ1) is 8.77. The van der Waals surface area contributed by atoms with E-state index in [9.17, 15) is 4.79 Å². The van der Waals surface area contributed by atoms with Crippen molar-refractivity contribution >= 4 is 31.0 Å². The van der Waals surface area contributed by atoms with Gasteiger partial charge >= 0.3 is 106 Å². The van der Waals surface area contributed by atoms with Crippen molar-refractivity contribution in [1.82, 2.24) is 0 Å². The van der Waals surface area contributed by atoms with Gasteiger partial charge < -0.3 is 0 Å². The van der Waals surface area contributed by atoms with Gasteiger partial charge in [-0.2, -0.15) is 0 Å². The normalized spacial score (nSPS) is 10.8. The van der Waals surface area contributed by atoms with E-state index in [1.54, 1.807) is 0 Å². The van der Waals surface area contributed by atoms with Gasteiger partial charge in [0.1, 0.15) is 0 Å². The minimum absolute atomic E-state index is 0.484. The van der Waals surface area contributed by atoms with Gasteiger partial charge in [0, 0.05) is 0 Å². The summed E-state index contributed by atoms with van der Waals surface area (Å²) >= 11 is 0.751. The molecule has 0 aliphatic heterocycles. The van der Waals surface area contributed by atoms with E-state index in [2.05, 4.69) is 6.92 Å². The van der Waals surface area contributed by atoms with Gasteiger partial charge in [-0.1, -0.05) is 26.2 Å². The van der Waals surface area contributed by atoms with Gasteiger partial charge in [0.05, 0.1) is 0 Å². The monoisotopic (exact) mass is 262 g/mol. The Hall–Kier alpha value is 0.670. The third kappa shape index (κ3) is 16.7. The number of hydrogen-bond acceptors (Lipinski definition) is 1. The maximum absolute atomic E-state index is 10.8. The summed E-state index contributed by atoms with van der Waals surface area (Å²) in [4.78, 5) is 10.8. The van der Waals surface area contributed by atoms with E-state index < -0.39 is 0 Å². The zero-order chi connectivity index (χ0) is 13.5. The number of unbranched alkanes of at least 4 members (excludes halogenated alkanes) is 12. The molecule has 0 aromatic heterocycles. The summed E-state index contributed by atoms with van der Waals surface area (Å²) in [7, 11) is 0. The van der Waals surface area contributed by atoms with Gasteiger partial charge in [0.25, 0.3) is 0 Å². The Morgan fingerprint density at radius 3 is 1.33 bits per heavy atom. The molecule has 0 heterocycles. The van der Waals surface area contributed by atoms with Crippen molar-refractivity contribution in [3.63, 3.8) is 0 Å². The van der Waals surface area contributed by atoms with Crippen LogP contribution < -0.4 is 0 Å². The molecule has 0 rings (SSSR count). The summed E-state index contributed by atoms with van der Waals surface area (Å²) in [5.74, 6) is 0. The molecule has 1 nitrogen and oxygen atoms in total. The summed E-state index contributed by atoms with van der Waals surface area (Å²) in [6.45, 7) is 2.28. The summed E-state index contributed by atoms with van der Waals surface area (Å²) in [5, 5.41) is 0. The summed E-state index contributed by atoms with van der Waals surface area (Å²) in [5.41, 5.74) is 0. The second-order valence-corrected chi connectivity index (χ2v) is 6.81. The standard InChI is InChI=1S/C16H31O.Na/c1-2-3-4-5-6-7-8-9-10-11-12-13-14-15-16-17;/h2-15H2,1H3;. The second kappa shape index (κ2) is 15.7. The molecule has 18 heavy (non-hydrogen) atoms. The van der Waals surface area contributed by atoms with Crippen LogP contribution in [0.3, 0.4) is 0 Å². The molecular formula is C16H31NaO. The average molecular weight is 262 g/mol. The fourth-order valence-electron chi connectivity index (χ4n) is 2.39. The molecule has 0 atom stereocenters. The predicted octanol–water partition coefficient (Wildman–Crippen LogP) is 5.16. The second-order valence-electron chi connectivity index (χ2n) is 5.69. The molecule has 0 amide bonds. The van der Waals surface area contributed by atoms with Crippen LogP contribution in [0.2, 0.25) is 0 Å². The Kier molecular flexibility index (Phi) is 16.3. The summed E-state index contributed by atoms with van der Waals surface area (Å²) < 4.78 is 0.484. The molecule has 102 valence electrons. The van der Waals surface area contributed by atoms with Crippen LogP contribution in [-0.2, 0) is 4.79 Å². The van der Waals surface area contributed by atoms with Crippen molar-refractivity contribution in [1.29, 1.82) is 0 Å². The molecule has 0 unspecified atom stereocenters. The van der Waals surface area contributed by atoms with Crippen LogP contribution in [0, 0.1) is 0 Å². The van der Waals surface area contributed by atoms with E-state index in [1.807, 2.05) is 0 Å². The fraction of sp³-hybridized carbons (Fsp3) is 0.938. The van der Waals surface area contributed by atoms with E-state index >= 15 is 0 Å². The van der Waals surface area contributed by atoms with Crippen LogP contribution in [-0.4, -0.2) is 31.0 Å². The van der Waals surface area contributed by atoms with Crippen LogP contribution in [0.4, 0.5) is 0 Å². The van der Waals surface area contributed by atoms with Crippen LogP contribution in [0.15, 0.2) is 0 Å². The quantitative estimate of drug-likeness (QED) is 0.312. The van der Waals surface area contributed by atoms with Crippen molar-refractivity contribution in [3.05, 3.63) is 0 Å². The third-order valence-electron chi connectivity index (χ3n) is 3.63. The van der Waals surface area contributed by atoms with Gasteiger partial charge in [0.2, 0.25) is 0 Å². The van der Waals surface area contributed by atoms with Gasteiger partial charge in [-0.05, 0) is 0 Å². The molecule has 0 fully saturated rings. The first kappa shape index (κ1) is 18.7. The van der Waals surface area contributed by atoms with E-state index in [1.165, 1.54) is 77.0 Å². The fourth-order valence-corrected chi connectivity index (χ4v) is 2.75. The minimum atomic E-state index is 0.484. The first-order valence-electron chi connectivity index (χ1n) is 8.26. The molecule has 0 spiro atoms. The molecule has 0 saturated carbocycles. The van der Waals surface area contributed by atoms with Gasteiger partial charge in [0.15, 0.2) is 0 Å². The zero-order valence-corrected chi connectivity index (χ0v) is 14.8. The van der Waals surface area contributed by atoms with Crippen molar-refractivity contribution in [3.8, 4) is 0 Å². The molecular weight excluding hydrogens is 231 g/mol. The van der Waals surface area contributed by atoms with Crippen molar-refractivity contribution in [2.75, 3.05) is 0 Å². The molecule has 0 aromatic rings. The molecule has 0 aromatic carbocycles. The average Bonchev–Trinajstić information content (AvgIpc) is 2.34. The maximum atomic E-state index is 10.8. The van der Waals surface area contributed by atoms with E-state index in [-0.39, 0.29) is 0 Å². The Labute approximate surface area is 132 Å². The van der Waals surface area contributed by atoms with Crippen LogP contribution in [0.1, 0.15) is 96.8 Å². The van der Waals surface area contributed by atoms with Crippen LogP contribution >= 0.6 is 0 Å². The van der Waals surface area contributed by atoms with Crippen molar-refractivity contribution in [2.24, 2.45) is 0 Å². The van der Waals surface area contributed by atoms with E-state index in [0.29, 0.717) is 3.03 Å². The summed E-state index contributed by atoms with van der Waals surface area (Å²) in [6, 6.07) is 0. The van der Waals surface area contributed by atoms with Gasteiger partial charge in [-0.3, -0.25) is 0 Å². The number of hydrogen-bond donors (Lipinski definition) is 0. The number of carbonyl (C=O) groups excluding carboxylic acids is 1. The molecule has 2 heteroatoms. The topological polar surface area (TPSA) is 17.1 Å². The van der Waals surface area contributed by atoms with E-state index in [4.69, 9.17) is 0 Å². The predicted molar refractivity (Wildman–Crippen MR) is 81.1 cm³/mol. The molecule has 0 radical (unpaired) electrons. The molecule has 0 N–H and O–H groups in total. The first-order valence-corrected chi connectivity index (χ1v) is 9.26. The number of rotatable bonds is 14. The summed E-state index contributed by atoms with van der Waals surface area (Å²) in [6.07, 6.45) is 18.8. The molecule has 0 aliphatic rings.